The number of carbonyl (C=O) groups excluding carboxylic acids is 3. The summed E-state index contributed by atoms with van der Waals surface area (Å²) in [6.07, 6.45) is 2.56. The SMILES string of the molecule is CC1(C2CC2)NC(=O)N(CC(=O)Nc2ccc(Cc3nc4ccccc4s3)cc2)C1=O. The van der Waals surface area contributed by atoms with E-state index in [9.17, 15) is 14.4 Å². The maximum atomic E-state index is 12.6. The summed E-state index contributed by atoms with van der Waals surface area (Å²) in [5, 5.41) is 6.56. The molecule has 7 nitrogen and oxygen atoms in total. The summed E-state index contributed by atoms with van der Waals surface area (Å²) >= 11 is 1.68. The van der Waals surface area contributed by atoms with Gasteiger partial charge in [0.05, 0.1) is 15.2 Å². The van der Waals surface area contributed by atoms with Crippen molar-refractivity contribution < 1.29 is 14.4 Å². The monoisotopic (exact) mass is 434 g/mol. The molecule has 1 aliphatic heterocycles. The third-order valence-electron chi connectivity index (χ3n) is 5.93. The third-order valence-corrected chi connectivity index (χ3v) is 6.96. The van der Waals surface area contributed by atoms with Crippen molar-refractivity contribution in [1.82, 2.24) is 15.2 Å². The molecule has 0 radical (unpaired) electrons. The topological polar surface area (TPSA) is 91.4 Å². The summed E-state index contributed by atoms with van der Waals surface area (Å²) in [6, 6.07) is 15.1. The molecule has 31 heavy (non-hydrogen) atoms. The number of nitrogens with zero attached hydrogens (tertiary/aromatic N) is 2. The Labute approximate surface area is 183 Å². The maximum Gasteiger partial charge on any atom is 0.325 e. The van der Waals surface area contributed by atoms with Crippen LogP contribution in [0.2, 0.25) is 0 Å². The summed E-state index contributed by atoms with van der Waals surface area (Å²) in [7, 11) is 0. The molecule has 1 aliphatic carbocycles. The summed E-state index contributed by atoms with van der Waals surface area (Å²) in [5.74, 6) is -0.552. The van der Waals surface area contributed by atoms with Gasteiger partial charge >= 0.3 is 6.03 Å². The van der Waals surface area contributed by atoms with E-state index in [1.54, 1.807) is 18.3 Å². The Morgan fingerprint density at radius 1 is 1.19 bits per heavy atom. The van der Waals surface area contributed by atoms with Gasteiger partial charge < -0.3 is 10.6 Å². The van der Waals surface area contributed by atoms with E-state index in [1.807, 2.05) is 42.5 Å². The number of carbonyl (C=O) groups is 3. The average Bonchev–Trinajstić information content (AvgIpc) is 3.49. The van der Waals surface area contributed by atoms with Crippen molar-refractivity contribution >= 4 is 45.1 Å². The van der Waals surface area contributed by atoms with Crippen molar-refractivity contribution in [2.45, 2.75) is 31.7 Å². The standard InChI is InChI=1S/C23H22N4O3S/c1-23(15-8-9-15)21(29)27(22(30)26-23)13-19(28)24-16-10-6-14(7-11-16)12-20-25-17-4-2-3-5-18(17)31-20/h2-7,10-11,15H,8-9,12-13H2,1H3,(H,24,28)(H,26,30). The molecule has 2 fully saturated rings. The van der Waals surface area contributed by atoms with Crippen molar-refractivity contribution in [2.75, 3.05) is 11.9 Å². The van der Waals surface area contributed by atoms with E-state index in [0.29, 0.717) is 5.69 Å². The number of hydrogen-bond acceptors (Lipinski definition) is 5. The van der Waals surface area contributed by atoms with E-state index < -0.39 is 17.5 Å². The van der Waals surface area contributed by atoms with Crippen LogP contribution in [0.1, 0.15) is 30.3 Å². The second kappa shape index (κ2) is 7.46. The van der Waals surface area contributed by atoms with E-state index >= 15 is 0 Å². The third kappa shape index (κ3) is 3.79. The molecule has 1 saturated carbocycles. The van der Waals surface area contributed by atoms with Gasteiger partial charge in [-0.3, -0.25) is 14.5 Å². The largest absolute Gasteiger partial charge is 0.325 e. The van der Waals surface area contributed by atoms with Crippen LogP contribution >= 0.6 is 11.3 Å². The normalized spacial score (nSPS) is 20.9. The van der Waals surface area contributed by atoms with Crippen LogP contribution in [0.15, 0.2) is 48.5 Å². The summed E-state index contributed by atoms with van der Waals surface area (Å²) < 4.78 is 1.17. The van der Waals surface area contributed by atoms with Gasteiger partial charge in [-0.05, 0) is 55.5 Å². The number of imide groups is 1. The number of para-hydroxylation sites is 1. The Morgan fingerprint density at radius 2 is 1.94 bits per heavy atom. The van der Waals surface area contributed by atoms with Crippen LogP contribution in [0, 0.1) is 5.92 Å². The van der Waals surface area contributed by atoms with Crippen molar-refractivity contribution in [2.24, 2.45) is 5.92 Å². The second-order valence-electron chi connectivity index (χ2n) is 8.30. The predicted molar refractivity (Wildman–Crippen MR) is 119 cm³/mol. The van der Waals surface area contributed by atoms with Gasteiger partial charge in [0.1, 0.15) is 12.1 Å². The van der Waals surface area contributed by atoms with Crippen LogP contribution in [-0.2, 0) is 16.0 Å². The van der Waals surface area contributed by atoms with E-state index in [4.69, 9.17) is 0 Å². The van der Waals surface area contributed by atoms with Crippen LogP contribution in [0.5, 0.6) is 0 Å². The van der Waals surface area contributed by atoms with Crippen LogP contribution in [0.4, 0.5) is 10.5 Å². The fourth-order valence-electron chi connectivity index (χ4n) is 4.02. The summed E-state index contributed by atoms with van der Waals surface area (Å²) in [6.45, 7) is 1.45. The van der Waals surface area contributed by atoms with E-state index in [2.05, 4.69) is 21.7 Å². The van der Waals surface area contributed by atoms with Crippen LogP contribution in [0.25, 0.3) is 10.2 Å². The highest BCUT2D eigenvalue weighted by Crippen LogP contribution is 2.42. The zero-order valence-corrected chi connectivity index (χ0v) is 17.9. The molecule has 2 aromatic carbocycles. The predicted octanol–water partition coefficient (Wildman–Crippen LogP) is 3.55. The van der Waals surface area contributed by atoms with E-state index in [0.717, 1.165) is 40.3 Å². The van der Waals surface area contributed by atoms with Gasteiger partial charge in [0, 0.05) is 12.1 Å². The number of amides is 4. The zero-order chi connectivity index (χ0) is 21.6. The summed E-state index contributed by atoms with van der Waals surface area (Å²) in [5.41, 5.74) is 1.84. The molecule has 2 heterocycles. The molecule has 3 aromatic rings. The fourth-order valence-corrected chi connectivity index (χ4v) is 5.02. The van der Waals surface area contributed by atoms with Crippen molar-refractivity contribution in [3.05, 3.63) is 59.1 Å². The molecule has 2 aliphatic rings. The number of anilines is 1. The zero-order valence-electron chi connectivity index (χ0n) is 17.1. The van der Waals surface area contributed by atoms with Gasteiger partial charge in [-0.2, -0.15) is 0 Å². The van der Waals surface area contributed by atoms with Crippen LogP contribution < -0.4 is 10.6 Å². The van der Waals surface area contributed by atoms with E-state index in [1.165, 1.54) is 4.70 Å². The Kier molecular flexibility index (Phi) is 4.74. The minimum Gasteiger partial charge on any atom is -0.325 e. The first-order valence-corrected chi connectivity index (χ1v) is 11.1. The Hall–Kier alpha value is -3.26. The minimum absolute atomic E-state index is 0.167. The smallest absolute Gasteiger partial charge is 0.325 e. The Morgan fingerprint density at radius 3 is 2.65 bits per heavy atom. The minimum atomic E-state index is -0.875. The molecule has 8 heteroatoms. The van der Waals surface area contributed by atoms with Crippen molar-refractivity contribution in [1.29, 1.82) is 0 Å². The lowest BCUT2D eigenvalue weighted by Gasteiger charge is -2.20. The maximum absolute atomic E-state index is 12.6. The molecule has 0 spiro atoms. The van der Waals surface area contributed by atoms with E-state index in [-0.39, 0.29) is 18.4 Å². The average molecular weight is 435 g/mol. The van der Waals surface area contributed by atoms with Crippen LogP contribution in [-0.4, -0.2) is 39.8 Å². The molecule has 1 unspecified atom stereocenters. The van der Waals surface area contributed by atoms with Gasteiger partial charge in [-0.25, -0.2) is 9.78 Å². The molecule has 1 saturated heterocycles. The second-order valence-corrected chi connectivity index (χ2v) is 9.41. The number of thiazole rings is 1. The van der Waals surface area contributed by atoms with Crippen molar-refractivity contribution in [3.8, 4) is 0 Å². The highest BCUT2D eigenvalue weighted by Gasteiger charge is 2.56. The molecule has 158 valence electrons. The molecule has 4 amide bonds. The molecule has 0 bridgehead atoms. The molecular weight excluding hydrogens is 412 g/mol. The Balaban J connectivity index is 1.20. The Bertz CT molecular complexity index is 1150. The molecular formula is C23H22N4O3S. The number of nitrogens with one attached hydrogen (secondary N) is 2. The first-order valence-electron chi connectivity index (χ1n) is 10.3. The van der Waals surface area contributed by atoms with Gasteiger partial charge in [0.2, 0.25) is 5.91 Å². The van der Waals surface area contributed by atoms with Gasteiger partial charge in [0.15, 0.2) is 0 Å². The van der Waals surface area contributed by atoms with Crippen LogP contribution in [0.3, 0.4) is 0 Å². The quantitative estimate of drug-likeness (QED) is 0.581. The lowest BCUT2D eigenvalue weighted by Crippen LogP contribution is -2.46. The lowest BCUT2D eigenvalue weighted by molar-refractivity contribution is -0.134. The van der Waals surface area contributed by atoms with Gasteiger partial charge in [-0.15, -0.1) is 11.3 Å². The number of fused-ring (bicyclic) bond motifs is 1. The first kappa shape index (κ1) is 19.7. The number of benzene rings is 2. The highest BCUT2D eigenvalue weighted by atomic mass is 32.1. The number of hydrogen-bond donors (Lipinski definition) is 2. The molecule has 1 aromatic heterocycles. The number of aromatic nitrogens is 1. The van der Waals surface area contributed by atoms with Crippen molar-refractivity contribution in [3.63, 3.8) is 0 Å². The highest BCUT2D eigenvalue weighted by molar-refractivity contribution is 7.18. The number of urea groups is 1. The molecule has 1 atom stereocenters. The molecule has 5 rings (SSSR count). The fraction of sp³-hybridized carbons (Fsp3) is 0.304. The van der Waals surface area contributed by atoms with Gasteiger partial charge in [0.25, 0.3) is 5.91 Å². The lowest BCUT2D eigenvalue weighted by atomic mass is 9.96. The number of rotatable bonds is 6. The van der Waals surface area contributed by atoms with Gasteiger partial charge in [-0.1, -0.05) is 24.3 Å². The summed E-state index contributed by atoms with van der Waals surface area (Å²) in [4.78, 5) is 43.0. The molecule has 2 N–H and O–H groups in total. The first-order chi connectivity index (χ1) is 14.9.